The van der Waals surface area contributed by atoms with E-state index in [1.807, 2.05) is 18.2 Å². The van der Waals surface area contributed by atoms with Gasteiger partial charge in [0.15, 0.2) is 0 Å². The van der Waals surface area contributed by atoms with Crippen LogP contribution in [0, 0.1) is 0 Å². The summed E-state index contributed by atoms with van der Waals surface area (Å²) in [5.74, 6) is 0. The van der Waals surface area contributed by atoms with E-state index in [0.717, 1.165) is 94.9 Å². The van der Waals surface area contributed by atoms with Crippen LogP contribution < -0.4 is 30.2 Å². The minimum absolute atomic E-state index is 0.0245. The van der Waals surface area contributed by atoms with Gasteiger partial charge in [0, 0.05) is 0 Å². The summed E-state index contributed by atoms with van der Waals surface area (Å²) < 4.78 is 81.0. The van der Waals surface area contributed by atoms with Crippen LogP contribution >= 0.6 is 0 Å². The van der Waals surface area contributed by atoms with Crippen LogP contribution in [0.4, 0.5) is 17.1 Å². The Morgan fingerprint density at radius 2 is 0.855 bits per heavy atom. The summed E-state index contributed by atoms with van der Waals surface area (Å²) in [6.45, 7) is -0.324. The SMILES string of the molecule is [2H]c1c([2H])c([2H])c2c(c1[2H])c1c([2H])c([2H])c([2H])c([2H])c1n2-c1ccc2c(c1)N(c1c(-c3cccc(-c4ccccc4)c3)cccc1-c1cccc(-c3ccccc3)c1)c1cc(-c3ccccc3)cc3c1B2c1ccc2c(c1[Se]3)c1ccccc1n2-c1ccccc1. The van der Waals surface area contributed by atoms with Gasteiger partial charge in [0.25, 0.3) is 0 Å². The van der Waals surface area contributed by atoms with Crippen molar-refractivity contribution in [2.45, 2.75) is 0 Å². The molecule has 2 aliphatic rings. The van der Waals surface area contributed by atoms with E-state index in [-0.39, 0.29) is 67.6 Å². The first-order chi connectivity index (χ1) is 44.5. The van der Waals surface area contributed by atoms with Gasteiger partial charge in [0.05, 0.1) is 2.74 Å². The van der Waals surface area contributed by atoms with Gasteiger partial charge in [-0.05, 0) is 0 Å². The van der Waals surface area contributed by atoms with Gasteiger partial charge in [-0.15, -0.1) is 0 Å². The Morgan fingerprint density at radius 1 is 0.337 bits per heavy atom. The summed E-state index contributed by atoms with van der Waals surface area (Å²) in [6, 6.07) is 87.1. The standard InChI is InChI=1S/C78H50BN3Se/c1-5-22-51(23-6-1)54-28-19-30-56(46-54)61-37-21-38-62(57-31-20-29-55(47-57)52-24-7-2-8-25-52)77(61)82-72-50-60(81-68-39-16-13-34-63(68)64-35-14-17-40-69(64)81)42-43-66(72)79-67-44-45-71-75(65-36-15-18-41-70(65)80(71)59-32-11-4-12-33-59)78(67)83-74-49-58(48-73(82)76(74)79)53-26-9-3-10-27-53/h1-50H/i13D,14D,16D,17D,34D,35D,39D,40D. The zero-order valence-electron chi connectivity index (χ0n) is 52.6. The second kappa shape index (κ2) is 19.3. The van der Waals surface area contributed by atoms with Crippen LogP contribution in [-0.2, 0) is 0 Å². The summed E-state index contributed by atoms with van der Waals surface area (Å²) in [5.41, 5.74) is 20.3. The molecule has 0 fully saturated rings. The zero-order valence-corrected chi connectivity index (χ0v) is 46.3. The van der Waals surface area contributed by atoms with Gasteiger partial charge in [-0.25, -0.2) is 0 Å². The normalized spacial score (nSPS) is 13.8. The Bertz CT molecular complexity index is 5380. The van der Waals surface area contributed by atoms with E-state index in [9.17, 15) is 5.48 Å². The van der Waals surface area contributed by atoms with Gasteiger partial charge in [-0.1, -0.05) is 12.1 Å². The van der Waals surface area contributed by atoms with E-state index in [4.69, 9.17) is 5.48 Å². The molecule has 2 aliphatic heterocycles. The van der Waals surface area contributed by atoms with Crippen molar-refractivity contribution < 1.29 is 11.0 Å². The average molecular weight is 1130 g/mol. The number of fused-ring (bicyclic) bond motifs is 11. The third-order valence-electron chi connectivity index (χ3n) is 16.8. The van der Waals surface area contributed by atoms with Crippen LogP contribution in [0.15, 0.2) is 303 Å². The Labute approximate surface area is 500 Å². The fraction of sp³-hybridized carbons (Fsp3) is 0. The van der Waals surface area contributed by atoms with Crippen molar-refractivity contribution in [3.05, 3.63) is 303 Å². The molecule has 0 saturated heterocycles. The number of anilines is 3. The van der Waals surface area contributed by atoms with E-state index in [0.29, 0.717) is 5.69 Å². The summed E-state index contributed by atoms with van der Waals surface area (Å²) in [5, 5.41) is 2.44. The summed E-state index contributed by atoms with van der Waals surface area (Å²) >= 11 is -0.249. The molecule has 0 unspecified atom stereocenters. The van der Waals surface area contributed by atoms with Gasteiger partial charge >= 0.3 is 488 Å². The van der Waals surface area contributed by atoms with Crippen molar-refractivity contribution in [2.75, 3.05) is 4.90 Å². The van der Waals surface area contributed by atoms with Crippen LogP contribution in [0.3, 0.4) is 0 Å². The first-order valence-corrected chi connectivity index (χ1v) is 29.7. The molecule has 0 aliphatic carbocycles. The Morgan fingerprint density at radius 3 is 1.49 bits per heavy atom. The molecule has 4 heterocycles. The van der Waals surface area contributed by atoms with Crippen molar-refractivity contribution in [2.24, 2.45) is 0 Å². The third-order valence-corrected chi connectivity index (χ3v) is 19.3. The fourth-order valence-electron chi connectivity index (χ4n) is 13.2. The first-order valence-electron chi connectivity index (χ1n) is 31.9. The molecule has 0 radical (unpaired) electrons. The number of hydrogen-bond donors (Lipinski definition) is 0. The van der Waals surface area contributed by atoms with Crippen molar-refractivity contribution in [1.29, 1.82) is 0 Å². The number of hydrogen-bond acceptors (Lipinski definition) is 1. The number of benzene rings is 13. The van der Waals surface area contributed by atoms with Gasteiger partial charge in [0.1, 0.15) is 0 Å². The minimum atomic E-state index is -0.488. The molecule has 83 heavy (non-hydrogen) atoms. The van der Waals surface area contributed by atoms with E-state index >= 15 is 0 Å². The molecule has 5 heteroatoms. The number of rotatable bonds is 8. The monoisotopic (exact) mass is 1130 g/mol. The van der Waals surface area contributed by atoms with Crippen LogP contribution in [0.2, 0.25) is 0 Å². The topological polar surface area (TPSA) is 13.1 Å². The van der Waals surface area contributed by atoms with E-state index in [1.165, 1.54) is 30.6 Å². The zero-order chi connectivity index (χ0) is 61.5. The van der Waals surface area contributed by atoms with Crippen LogP contribution in [0.5, 0.6) is 0 Å². The predicted molar refractivity (Wildman–Crippen MR) is 353 cm³/mol. The van der Waals surface area contributed by atoms with Crippen LogP contribution in [0.25, 0.3) is 111 Å². The predicted octanol–water partition coefficient (Wildman–Crippen LogP) is 16.5. The number of para-hydroxylation sites is 5. The van der Waals surface area contributed by atoms with E-state index in [2.05, 4.69) is 246 Å². The molecule has 3 nitrogen and oxygen atoms in total. The van der Waals surface area contributed by atoms with Gasteiger partial charge < -0.3 is 0 Å². The van der Waals surface area contributed by atoms with Gasteiger partial charge in [-0.3, -0.25) is 0 Å². The molecule has 0 atom stereocenters. The van der Waals surface area contributed by atoms with Crippen molar-refractivity contribution in [1.82, 2.24) is 9.13 Å². The molecule has 2 aromatic heterocycles. The summed E-state index contributed by atoms with van der Waals surface area (Å²) in [4.78, 5) is 2.44. The second-order valence-corrected chi connectivity index (χ2v) is 23.5. The van der Waals surface area contributed by atoms with Crippen LogP contribution in [-0.4, -0.2) is 30.8 Å². The molecule has 0 N–H and O–H groups in total. The molecule has 0 bridgehead atoms. The number of aromatic nitrogens is 2. The molecule has 0 spiro atoms. The van der Waals surface area contributed by atoms with Crippen LogP contribution in [0.1, 0.15) is 11.0 Å². The third kappa shape index (κ3) is 7.59. The maximum absolute atomic E-state index is 9.68. The van der Waals surface area contributed by atoms with Gasteiger partial charge in [-0.2, -0.15) is 0 Å². The van der Waals surface area contributed by atoms with E-state index < -0.39 is 24.2 Å². The molecule has 13 aromatic carbocycles. The Balaban J connectivity index is 1.03. The van der Waals surface area contributed by atoms with Crippen molar-refractivity contribution in [3.63, 3.8) is 0 Å². The number of nitrogens with zero attached hydrogens (tertiary/aromatic N) is 3. The molecule has 0 saturated carbocycles. The molecular weight excluding hydrogens is 1070 g/mol. The second-order valence-electron chi connectivity index (χ2n) is 21.3. The van der Waals surface area contributed by atoms with Gasteiger partial charge in [0.2, 0.25) is 0 Å². The molecule has 386 valence electrons. The summed E-state index contributed by atoms with van der Waals surface area (Å²) in [6.07, 6.45) is 0. The molecule has 15 aromatic rings. The average Bonchev–Trinajstić information content (AvgIpc) is 1.70. The fourth-order valence-corrected chi connectivity index (χ4v) is 16.0. The van der Waals surface area contributed by atoms with Crippen molar-refractivity contribution >= 4 is 108 Å². The molecular formula is C78H50BN3Se. The van der Waals surface area contributed by atoms with Crippen molar-refractivity contribution in [3.8, 4) is 67.0 Å². The first kappa shape index (κ1) is 40.1. The Hall–Kier alpha value is -10.2. The molecule has 0 amide bonds. The molecule has 17 rings (SSSR count). The Kier molecular flexibility index (Phi) is 9.30. The maximum atomic E-state index is 9.68. The van der Waals surface area contributed by atoms with E-state index in [1.54, 1.807) is 4.57 Å². The quantitative estimate of drug-likeness (QED) is 0.138. The summed E-state index contributed by atoms with van der Waals surface area (Å²) in [7, 11) is 0.